The molecule has 128 valence electrons. The third-order valence-corrected chi connectivity index (χ3v) is 3.09. The summed E-state index contributed by atoms with van der Waals surface area (Å²) >= 11 is 0. The normalized spacial score (nSPS) is 11.8. The fourth-order valence-corrected chi connectivity index (χ4v) is 2.02. The van der Waals surface area contributed by atoms with Gasteiger partial charge < -0.3 is 9.14 Å². The summed E-state index contributed by atoms with van der Waals surface area (Å²) in [5.41, 5.74) is 3.61. The molecule has 0 saturated heterocycles. The summed E-state index contributed by atoms with van der Waals surface area (Å²) in [6, 6.07) is 10.4. The molecule has 0 bridgehead atoms. The van der Waals surface area contributed by atoms with Crippen LogP contribution in [-0.4, -0.2) is 27.9 Å². The van der Waals surface area contributed by atoms with Gasteiger partial charge >= 0.3 is 6.36 Å². The lowest BCUT2D eigenvalue weighted by atomic mass is 10.2. The van der Waals surface area contributed by atoms with Crippen LogP contribution in [0, 0.1) is 0 Å². The molecule has 2 aromatic heterocycles. The number of nitrogens with zero attached hydrogens (tertiary/aromatic N) is 3. The van der Waals surface area contributed by atoms with Gasteiger partial charge in [-0.15, -0.1) is 13.2 Å². The second-order valence-corrected chi connectivity index (χ2v) is 4.91. The zero-order valence-electron chi connectivity index (χ0n) is 12.6. The van der Waals surface area contributed by atoms with Gasteiger partial charge in [0.05, 0.1) is 6.21 Å². The number of alkyl halides is 3. The largest absolute Gasteiger partial charge is 0.573 e. The molecule has 25 heavy (non-hydrogen) atoms. The first-order valence-electron chi connectivity index (χ1n) is 7.04. The lowest BCUT2D eigenvalue weighted by Gasteiger charge is -2.08. The van der Waals surface area contributed by atoms with E-state index < -0.39 is 12.3 Å². The maximum Gasteiger partial charge on any atom is 0.573 e. The van der Waals surface area contributed by atoms with Crippen LogP contribution in [0.5, 0.6) is 5.75 Å². The van der Waals surface area contributed by atoms with Gasteiger partial charge in [-0.1, -0.05) is 6.07 Å². The van der Waals surface area contributed by atoms with E-state index in [0.717, 1.165) is 12.1 Å². The number of rotatable bonds is 4. The van der Waals surface area contributed by atoms with Crippen molar-refractivity contribution in [2.45, 2.75) is 6.36 Å². The van der Waals surface area contributed by atoms with Gasteiger partial charge in [0.25, 0.3) is 5.91 Å². The predicted octanol–water partition coefficient (Wildman–Crippen LogP) is 3.00. The number of aromatic nitrogens is 2. The quantitative estimate of drug-likeness (QED) is 0.582. The van der Waals surface area contributed by atoms with Crippen molar-refractivity contribution in [3.8, 4) is 5.75 Å². The Bertz CT molecular complexity index is 884. The van der Waals surface area contributed by atoms with Crippen molar-refractivity contribution in [1.82, 2.24) is 14.8 Å². The molecule has 1 amide bonds. The number of fused-ring (bicyclic) bond motifs is 1. The van der Waals surface area contributed by atoms with Gasteiger partial charge in [-0.25, -0.2) is 10.4 Å². The third-order valence-electron chi connectivity index (χ3n) is 3.09. The second kappa shape index (κ2) is 6.63. The number of imidazole rings is 1. The van der Waals surface area contributed by atoms with Crippen molar-refractivity contribution < 1.29 is 22.7 Å². The van der Waals surface area contributed by atoms with Gasteiger partial charge in [-0.2, -0.15) is 5.10 Å². The number of carbonyl (C=O) groups excluding carboxylic acids is 1. The topological polar surface area (TPSA) is 68.0 Å². The van der Waals surface area contributed by atoms with Gasteiger partial charge in [-0.3, -0.25) is 4.79 Å². The maximum absolute atomic E-state index is 12.1. The van der Waals surface area contributed by atoms with Crippen LogP contribution in [0.15, 0.2) is 60.0 Å². The summed E-state index contributed by atoms with van der Waals surface area (Å²) in [5.74, 6) is -0.838. The van der Waals surface area contributed by atoms with Crippen molar-refractivity contribution in [2.24, 2.45) is 5.10 Å². The average Bonchev–Trinajstić information content (AvgIpc) is 2.99. The van der Waals surface area contributed by atoms with E-state index in [9.17, 15) is 18.0 Å². The van der Waals surface area contributed by atoms with Crippen molar-refractivity contribution >= 4 is 17.8 Å². The van der Waals surface area contributed by atoms with Crippen LogP contribution in [0.1, 0.15) is 16.1 Å². The highest BCUT2D eigenvalue weighted by Gasteiger charge is 2.30. The highest BCUT2D eigenvalue weighted by Crippen LogP contribution is 2.22. The molecule has 0 atom stereocenters. The molecule has 0 unspecified atom stereocenters. The number of ether oxygens (including phenoxy) is 1. The summed E-state index contributed by atoms with van der Waals surface area (Å²) < 4.78 is 41.7. The van der Waals surface area contributed by atoms with Gasteiger partial charge in [0.2, 0.25) is 0 Å². The third kappa shape index (κ3) is 4.34. The number of pyridine rings is 1. The number of amides is 1. The van der Waals surface area contributed by atoms with Crippen molar-refractivity contribution in [3.63, 3.8) is 0 Å². The minimum atomic E-state index is -4.74. The van der Waals surface area contributed by atoms with E-state index in [0.29, 0.717) is 11.2 Å². The summed E-state index contributed by atoms with van der Waals surface area (Å²) in [4.78, 5) is 16.1. The average molecular weight is 348 g/mol. The van der Waals surface area contributed by atoms with Crippen LogP contribution in [0.2, 0.25) is 0 Å². The molecule has 2 heterocycles. The first-order chi connectivity index (χ1) is 11.9. The molecule has 0 fully saturated rings. The Morgan fingerprint density at radius 3 is 2.64 bits per heavy atom. The van der Waals surface area contributed by atoms with Crippen molar-refractivity contribution in [3.05, 3.63) is 66.1 Å². The highest BCUT2D eigenvalue weighted by atomic mass is 19.4. The zero-order chi connectivity index (χ0) is 17.9. The van der Waals surface area contributed by atoms with E-state index in [-0.39, 0.29) is 11.4 Å². The number of hydrogen-bond donors (Lipinski definition) is 1. The Morgan fingerprint density at radius 2 is 1.96 bits per heavy atom. The van der Waals surface area contributed by atoms with Crippen LogP contribution in [0.4, 0.5) is 13.2 Å². The second-order valence-electron chi connectivity index (χ2n) is 4.91. The van der Waals surface area contributed by atoms with Gasteiger partial charge in [0.15, 0.2) is 0 Å². The number of benzene rings is 1. The van der Waals surface area contributed by atoms with E-state index in [4.69, 9.17) is 0 Å². The van der Waals surface area contributed by atoms with Gasteiger partial charge in [0, 0.05) is 12.4 Å². The van der Waals surface area contributed by atoms with E-state index in [1.165, 1.54) is 18.3 Å². The smallest absolute Gasteiger partial charge is 0.406 e. The van der Waals surface area contributed by atoms with Gasteiger partial charge in [-0.05, 0) is 42.0 Å². The first kappa shape index (κ1) is 16.5. The fraction of sp³-hybridized carbons (Fsp3) is 0.0625. The fourth-order valence-electron chi connectivity index (χ4n) is 2.02. The monoisotopic (exact) mass is 348 g/mol. The number of carbonyl (C=O) groups is 1. The zero-order valence-corrected chi connectivity index (χ0v) is 12.6. The summed E-state index contributed by atoms with van der Waals surface area (Å²) in [5, 5.41) is 3.76. The van der Waals surface area contributed by atoms with Crippen molar-refractivity contribution in [1.29, 1.82) is 0 Å². The minimum Gasteiger partial charge on any atom is -0.406 e. The van der Waals surface area contributed by atoms with E-state index in [2.05, 4.69) is 20.2 Å². The molecule has 0 saturated carbocycles. The molecule has 0 spiro atoms. The molecule has 9 heteroatoms. The number of hydrogen-bond acceptors (Lipinski definition) is 4. The molecule has 0 aliphatic heterocycles. The predicted molar refractivity (Wildman–Crippen MR) is 83.4 cm³/mol. The Hall–Kier alpha value is -3.36. The van der Waals surface area contributed by atoms with E-state index in [1.807, 2.05) is 0 Å². The summed E-state index contributed by atoms with van der Waals surface area (Å²) in [7, 11) is 0. The van der Waals surface area contributed by atoms with Crippen LogP contribution in [-0.2, 0) is 0 Å². The van der Waals surface area contributed by atoms with E-state index >= 15 is 0 Å². The molecule has 0 aliphatic rings. The number of halogens is 3. The van der Waals surface area contributed by atoms with Crippen LogP contribution < -0.4 is 10.2 Å². The number of hydrazone groups is 1. The molecule has 0 radical (unpaired) electrons. The lowest BCUT2D eigenvalue weighted by Crippen LogP contribution is -2.18. The van der Waals surface area contributed by atoms with Crippen LogP contribution >= 0.6 is 0 Å². The Morgan fingerprint density at radius 1 is 1.20 bits per heavy atom. The maximum atomic E-state index is 12.1. The molecular weight excluding hydrogens is 337 g/mol. The first-order valence-corrected chi connectivity index (χ1v) is 7.04. The Balaban J connectivity index is 1.61. The van der Waals surface area contributed by atoms with Gasteiger partial charge in [0.1, 0.15) is 17.1 Å². The lowest BCUT2D eigenvalue weighted by molar-refractivity contribution is -0.274. The number of nitrogens with one attached hydrogen (secondary N) is 1. The summed E-state index contributed by atoms with van der Waals surface area (Å²) in [6.45, 7) is 0. The molecule has 3 rings (SSSR count). The molecule has 1 aromatic carbocycles. The molecule has 0 aliphatic carbocycles. The minimum absolute atomic E-state index is 0.192. The van der Waals surface area contributed by atoms with Crippen molar-refractivity contribution in [2.75, 3.05) is 0 Å². The highest BCUT2D eigenvalue weighted by molar-refractivity contribution is 5.93. The summed E-state index contributed by atoms with van der Waals surface area (Å²) in [6.07, 6.45) is -0.126. The molecule has 3 aromatic rings. The standard InChI is InChI=1S/C16H11F3N4O2/c17-16(18,19)25-12-6-4-11(5-7-12)9-20-22-15(24)13-10-23-8-2-1-3-14(23)21-13/h1-10H,(H,22,24)/b20-9+. The SMILES string of the molecule is O=C(N/N=C/c1ccc(OC(F)(F)F)cc1)c1cn2ccccc2n1. The Labute approximate surface area is 139 Å². The Kier molecular flexibility index (Phi) is 4.38. The van der Waals surface area contributed by atoms with Crippen LogP contribution in [0.3, 0.4) is 0 Å². The molecule has 1 N–H and O–H groups in total. The van der Waals surface area contributed by atoms with Crippen LogP contribution in [0.25, 0.3) is 5.65 Å². The molecular formula is C16H11F3N4O2. The molecule has 6 nitrogen and oxygen atoms in total. The van der Waals surface area contributed by atoms with E-state index in [1.54, 1.807) is 35.0 Å².